The van der Waals surface area contributed by atoms with E-state index in [-0.39, 0.29) is 11.1 Å². The molecule has 76 valence electrons. The molecule has 0 spiro atoms. The Hall–Kier alpha value is -1.72. The number of pyridine rings is 1. The van der Waals surface area contributed by atoms with E-state index in [1.54, 1.807) is 0 Å². The minimum absolute atomic E-state index is 0.109. The van der Waals surface area contributed by atoms with E-state index in [4.69, 9.17) is 5.11 Å². The molecular formula is C8H7F2NO3. The second-order valence-electron chi connectivity index (χ2n) is 2.64. The standard InChI is InChI=1S/C8H7F2NO3/c1-3-4(8(13)14)2-11-5(6(3)12)7(9)10/h2,7,12H,1H3,(H,13,14). The van der Waals surface area contributed by atoms with Crippen molar-refractivity contribution in [3.05, 3.63) is 23.0 Å². The van der Waals surface area contributed by atoms with Crippen molar-refractivity contribution in [2.45, 2.75) is 13.3 Å². The van der Waals surface area contributed by atoms with Gasteiger partial charge in [0.25, 0.3) is 6.43 Å². The summed E-state index contributed by atoms with van der Waals surface area (Å²) in [4.78, 5) is 13.7. The van der Waals surface area contributed by atoms with Gasteiger partial charge < -0.3 is 10.2 Å². The number of nitrogens with zero attached hydrogens (tertiary/aromatic N) is 1. The molecule has 2 N–H and O–H groups in total. The average Bonchev–Trinajstić information content (AvgIpc) is 2.08. The number of alkyl halides is 2. The zero-order valence-electron chi connectivity index (χ0n) is 7.16. The van der Waals surface area contributed by atoms with Gasteiger partial charge in [-0.1, -0.05) is 0 Å². The van der Waals surface area contributed by atoms with Crippen LogP contribution in [0.3, 0.4) is 0 Å². The quantitative estimate of drug-likeness (QED) is 0.767. The Kier molecular flexibility index (Phi) is 2.64. The molecule has 14 heavy (non-hydrogen) atoms. The van der Waals surface area contributed by atoms with Gasteiger partial charge in [-0.05, 0) is 6.92 Å². The summed E-state index contributed by atoms with van der Waals surface area (Å²) < 4.78 is 24.3. The molecule has 0 aromatic carbocycles. The van der Waals surface area contributed by atoms with Crippen molar-refractivity contribution in [2.75, 3.05) is 0 Å². The lowest BCUT2D eigenvalue weighted by Gasteiger charge is -2.07. The molecule has 0 amide bonds. The molecule has 0 aliphatic rings. The number of hydrogen-bond acceptors (Lipinski definition) is 3. The maximum absolute atomic E-state index is 12.2. The number of rotatable bonds is 2. The first kappa shape index (κ1) is 10.4. The summed E-state index contributed by atoms with van der Waals surface area (Å²) >= 11 is 0. The van der Waals surface area contributed by atoms with Crippen LogP contribution < -0.4 is 0 Å². The molecule has 1 rings (SSSR count). The van der Waals surface area contributed by atoms with Gasteiger partial charge >= 0.3 is 5.97 Å². The highest BCUT2D eigenvalue weighted by molar-refractivity contribution is 5.89. The number of aromatic carboxylic acids is 1. The number of aromatic hydroxyl groups is 1. The largest absolute Gasteiger partial charge is 0.506 e. The van der Waals surface area contributed by atoms with E-state index in [1.165, 1.54) is 6.92 Å². The van der Waals surface area contributed by atoms with Crippen LogP contribution in [0.5, 0.6) is 5.75 Å². The van der Waals surface area contributed by atoms with Crippen LogP contribution in [0.2, 0.25) is 0 Å². The van der Waals surface area contributed by atoms with E-state index < -0.39 is 23.8 Å². The van der Waals surface area contributed by atoms with E-state index >= 15 is 0 Å². The smallest absolute Gasteiger partial charge is 0.337 e. The second-order valence-corrected chi connectivity index (χ2v) is 2.64. The molecule has 0 saturated carbocycles. The predicted octanol–water partition coefficient (Wildman–Crippen LogP) is 1.73. The first-order chi connectivity index (χ1) is 6.45. The molecule has 0 fully saturated rings. The molecule has 0 unspecified atom stereocenters. The van der Waals surface area contributed by atoms with Crippen LogP contribution in [-0.4, -0.2) is 21.2 Å². The van der Waals surface area contributed by atoms with Crippen LogP contribution in [0.4, 0.5) is 8.78 Å². The Morgan fingerprint density at radius 1 is 1.57 bits per heavy atom. The number of hydrogen-bond donors (Lipinski definition) is 2. The summed E-state index contributed by atoms with van der Waals surface area (Å²) in [5.74, 6) is -2.08. The van der Waals surface area contributed by atoms with Crippen LogP contribution in [0.25, 0.3) is 0 Å². The minimum Gasteiger partial charge on any atom is -0.506 e. The van der Waals surface area contributed by atoms with Gasteiger partial charge in [-0.2, -0.15) is 0 Å². The molecule has 0 atom stereocenters. The van der Waals surface area contributed by atoms with Gasteiger partial charge in [0, 0.05) is 11.8 Å². The highest BCUT2D eigenvalue weighted by Gasteiger charge is 2.20. The van der Waals surface area contributed by atoms with Crippen molar-refractivity contribution in [1.29, 1.82) is 0 Å². The summed E-state index contributed by atoms with van der Waals surface area (Å²) in [6.07, 6.45) is -2.12. The average molecular weight is 203 g/mol. The lowest BCUT2D eigenvalue weighted by Crippen LogP contribution is -2.03. The molecule has 1 aromatic heterocycles. The normalized spacial score (nSPS) is 10.6. The molecule has 0 saturated heterocycles. The predicted molar refractivity (Wildman–Crippen MR) is 42.6 cm³/mol. The van der Waals surface area contributed by atoms with Crippen molar-refractivity contribution in [1.82, 2.24) is 4.98 Å². The van der Waals surface area contributed by atoms with Crippen LogP contribution in [0.15, 0.2) is 6.20 Å². The Balaban J connectivity index is 3.33. The maximum atomic E-state index is 12.2. The van der Waals surface area contributed by atoms with Crippen molar-refractivity contribution in [3.63, 3.8) is 0 Å². The number of carboxylic acids is 1. The number of carbonyl (C=O) groups is 1. The fraction of sp³-hybridized carbons (Fsp3) is 0.250. The highest BCUT2D eigenvalue weighted by Crippen LogP contribution is 2.30. The zero-order chi connectivity index (χ0) is 10.9. The van der Waals surface area contributed by atoms with Gasteiger partial charge in [0.1, 0.15) is 11.4 Å². The Morgan fingerprint density at radius 3 is 2.57 bits per heavy atom. The molecule has 1 heterocycles. The fourth-order valence-electron chi connectivity index (χ4n) is 0.987. The van der Waals surface area contributed by atoms with E-state index in [2.05, 4.69) is 4.98 Å². The third-order valence-corrected chi connectivity index (χ3v) is 1.77. The van der Waals surface area contributed by atoms with E-state index in [0.29, 0.717) is 0 Å². The van der Waals surface area contributed by atoms with Gasteiger partial charge in [-0.3, -0.25) is 4.98 Å². The van der Waals surface area contributed by atoms with E-state index in [0.717, 1.165) is 6.20 Å². The Morgan fingerprint density at radius 2 is 2.14 bits per heavy atom. The monoisotopic (exact) mass is 203 g/mol. The van der Waals surface area contributed by atoms with Crippen molar-refractivity contribution in [3.8, 4) is 5.75 Å². The van der Waals surface area contributed by atoms with Gasteiger partial charge in [0.05, 0.1) is 5.56 Å². The zero-order valence-corrected chi connectivity index (χ0v) is 7.16. The van der Waals surface area contributed by atoms with Crippen LogP contribution in [0.1, 0.15) is 28.0 Å². The van der Waals surface area contributed by atoms with Gasteiger partial charge in [-0.25, -0.2) is 13.6 Å². The first-order valence-electron chi connectivity index (χ1n) is 3.65. The van der Waals surface area contributed by atoms with Gasteiger partial charge in [0.15, 0.2) is 0 Å². The SMILES string of the molecule is Cc1c(C(=O)O)cnc(C(F)F)c1O. The Labute approximate surface area is 77.8 Å². The summed E-state index contributed by atoms with van der Waals surface area (Å²) in [6.45, 7) is 1.24. The number of carboxylic acid groups (broad SMARTS) is 1. The lowest BCUT2D eigenvalue weighted by atomic mass is 10.1. The Bertz CT molecular complexity index is 379. The van der Waals surface area contributed by atoms with E-state index in [1.807, 2.05) is 0 Å². The summed E-state index contributed by atoms with van der Waals surface area (Å²) in [5.41, 5.74) is -1.19. The van der Waals surface area contributed by atoms with Crippen LogP contribution >= 0.6 is 0 Å². The molecular weight excluding hydrogens is 196 g/mol. The van der Waals surface area contributed by atoms with Gasteiger partial charge in [-0.15, -0.1) is 0 Å². The van der Waals surface area contributed by atoms with Crippen molar-refractivity contribution >= 4 is 5.97 Å². The molecule has 0 bridgehead atoms. The molecule has 0 aliphatic heterocycles. The summed E-state index contributed by atoms with van der Waals surface area (Å²) in [7, 11) is 0. The number of halogens is 2. The van der Waals surface area contributed by atoms with Crippen molar-refractivity contribution in [2.24, 2.45) is 0 Å². The highest BCUT2D eigenvalue weighted by atomic mass is 19.3. The molecule has 6 heteroatoms. The molecule has 4 nitrogen and oxygen atoms in total. The minimum atomic E-state index is -2.92. The molecule has 1 aromatic rings. The fourth-order valence-corrected chi connectivity index (χ4v) is 0.987. The van der Waals surface area contributed by atoms with Crippen molar-refractivity contribution < 1.29 is 23.8 Å². The van der Waals surface area contributed by atoms with Gasteiger partial charge in [0.2, 0.25) is 0 Å². The van der Waals surface area contributed by atoms with Crippen LogP contribution in [-0.2, 0) is 0 Å². The first-order valence-corrected chi connectivity index (χ1v) is 3.65. The maximum Gasteiger partial charge on any atom is 0.337 e. The molecule has 0 aliphatic carbocycles. The summed E-state index contributed by atoms with van der Waals surface area (Å²) in [5, 5.41) is 17.8. The third-order valence-electron chi connectivity index (χ3n) is 1.77. The molecule has 0 radical (unpaired) electrons. The third kappa shape index (κ3) is 1.63. The lowest BCUT2D eigenvalue weighted by molar-refractivity contribution is 0.0694. The van der Waals surface area contributed by atoms with E-state index in [9.17, 15) is 18.7 Å². The second kappa shape index (κ2) is 3.57. The van der Waals surface area contributed by atoms with Crippen LogP contribution in [0, 0.1) is 6.92 Å². The topological polar surface area (TPSA) is 70.4 Å². The summed E-state index contributed by atoms with van der Waals surface area (Å²) in [6, 6.07) is 0. The number of aromatic nitrogens is 1.